The second kappa shape index (κ2) is 3.16. The third kappa shape index (κ3) is 1.33. The summed E-state index contributed by atoms with van der Waals surface area (Å²) in [5, 5.41) is 4.24. The minimum atomic E-state index is 0.592. The lowest BCUT2D eigenvalue weighted by Crippen LogP contribution is -1.96. The zero-order valence-electron chi connectivity index (χ0n) is 7.91. The molecule has 0 aliphatic rings. The Morgan fingerprint density at radius 3 is 2.64 bits per heavy atom. The molecule has 0 unspecified atom stereocenters. The van der Waals surface area contributed by atoms with Gasteiger partial charge in [0.15, 0.2) is 5.76 Å². The minimum Gasteiger partial charge on any atom is -0.460 e. The minimum absolute atomic E-state index is 0.592. The first-order valence-corrected chi connectivity index (χ1v) is 4.93. The van der Waals surface area contributed by atoms with Gasteiger partial charge in [0.05, 0.1) is 4.47 Å². The zero-order chi connectivity index (χ0) is 10.3. The Labute approximate surface area is 89.8 Å². The Hall–Kier alpha value is -1.23. The smallest absolute Gasteiger partial charge is 0.155 e. The number of hydrogen-bond acceptors (Lipinski definition) is 3. The third-order valence-electron chi connectivity index (χ3n) is 2.01. The number of anilines is 1. The highest BCUT2D eigenvalue weighted by Gasteiger charge is 2.15. The van der Waals surface area contributed by atoms with Gasteiger partial charge in [-0.05, 0) is 35.0 Å². The van der Waals surface area contributed by atoms with Gasteiger partial charge in [-0.3, -0.25) is 4.68 Å². The second-order valence-corrected chi connectivity index (χ2v) is 3.87. The largest absolute Gasteiger partial charge is 0.460 e. The molecule has 4 nitrogen and oxygen atoms in total. The summed E-state index contributed by atoms with van der Waals surface area (Å²) in [7, 11) is 1.79. The fraction of sp³-hybridized carbons (Fsp3) is 0.222. The van der Waals surface area contributed by atoms with Crippen LogP contribution in [-0.4, -0.2) is 9.78 Å². The van der Waals surface area contributed by atoms with Crippen LogP contribution in [0.5, 0.6) is 0 Å². The molecule has 0 radical (unpaired) electrons. The van der Waals surface area contributed by atoms with Gasteiger partial charge in [0.2, 0.25) is 0 Å². The van der Waals surface area contributed by atoms with Crippen molar-refractivity contribution in [1.29, 1.82) is 0 Å². The summed E-state index contributed by atoms with van der Waals surface area (Å²) in [6.07, 6.45) is 0. The van der Waals surface area contributed by atoms with Crippen LogP contribution in [0.2, 0.25) is 0 Å². The highest BCUT2D eigenvalue weighted by molar-refractivity contribution is 9.10. The Bertz CT molecular complexity index is 472. The van der Waals surface area contributed by atoms with Crippen molar-refractivity contribution < 1.29 is 4.42 Å². The van der Waals surface area contributed by atoms with Gasteiger partial charge < -0.3 is 10.2 Å². The van der Waals surface area contributed by atoms with Gasteiger partial charge in [-0.15, -0.1) is 0 Å². The predicted molar refractivity (Wildman–Crippen MR) is 57.8 cm³/mol. The number of aryl methyl sites for hydroxylation is 2. The van der Waals surface area contributed by atoms with E-state index in [-0.39, 0.29) is 0 Å². The highest BCUT2D eigenvalue weighted by Crippen LogP contribution is 2.32. The van der Waals surface area contributed by atoms with Crippen LogP contribution in [0, 0.1) is 6.92 Å². The van der Waals surface area contributed by atoms with Crippen molar-refractivity contribution in [1.82, 2.24) is 9.78 Å². The van der Waals surface area contributed by atoms with Crippen molar-refractivity contribution >= 4 is 21.7 Å². The first kappa shape index (κ1) is 9.33. The molecule has 0 saturated carbocycles. The Kier molecular flexibility index (Phi) is 2.11. The first-order chi connectivity index (χ1) is 6.59. The summed E-state index contributed by atoms with van der Waals surface area (Å²) in [6.45, 7) is 1.89. The van der Waals surface area contributed by atoms with Gasteiger partial charge in [0, 0.05) is 7.05 Å². The van der Waals surface area contributed by atoms with Gasteiger partial charge in [0.1, 0.15) is 17.3 Å². The molecule has 74 valence electrons. The maximum Gasteiger partial charge on any atom is 0.155 e. The number of hydrogen-bond donors (Lipinski definition) is 1. The lowest BCUT2D eigenvalue weighted by Gasteiger charge is -1.90. The molecule has 0 saturated heterocycles. The Morgan fingerprint density at radius 1 is 1.50 bits per heavy atom. The molecule has 0 spiro atoms. The highest BCUT2D eigenvalue weighted by atomic mass is 79.9. The second-order valence-electron chi connectivity index (χ2n) is 3.08. The lowest BCUT2D eigenvalue weighted by molar-refractivity contribution is 0.545. The van der Waals surface area contributed by atoms with Crippen LogP contribution in [0.15, 0.2) is 21.0 Å². The maximum absolute atomic E-state index is 5.76. The molecule has 0 aliphatic heterocycles. The SMILES string of the molecule is Cc1ccc(-c2nn(C)c(N)c2Br)o1. The van der Waals surface area contributed by atoms with Crippen molar-refractivity contribution in [3.05, 3.63) is 22.4 Å². The van der Waals surface area contributed by atoms with E-state index in [9.17, 15) is 0 Å². The fourth-order valence-corrected chi connectivity index (χ4v) is 1.76. The van der Waals surface area contributed by atoms with E-state index in [2.05, 4.69) is 21.0 Å². The number of nitrogens with zero attached hydrogens (tertiary/aromatic N) is 2. The molecular formula is C9H10BrN3O. The quantitative estimate of drug-likeness (QED) is 0.851. The van der Waals surface area contributed by atoms with E-state index in [4.69, 9.17) is 10.2 Å². The van der Waals surface area contributed by atoms with E-state index in [1.807, 2.05) is 19.1 Å². The number of nitrogen functional groups attached to an aromatic ring is 1. The van der Waals surface area contributed by atoms with Gasteiger partial charge >= 0.3 is 0 Å². The summed E-state index contributed by atoms with van der Waals surface area (Å²) < 4.78 is 7.84. The maximum atomic E-state index is 5.76. The van der Waals surface area contributed by atoms with E-state index in [0.717, 1.165) is 21.7 Å². The number of furan rings is 1. The summed E-state index contributed by atoms with van der Waals surface area (Å²) in [5.74, 6) is 2.17. The average molecular weight is 256 g/mol. The van der Waals surface area contributed by atoms with Crippen LogP contribution in [0.25, 0.3) is 11.5 Å². The summed E-state index contributed by atoms with van der Waals surface area (Å²) in [4.78, 5) is 0. The van der Waals surface area contributed by atoms with Crippen LogP contribution in [0.4, 0.5) is 5.82 Å². The molecular weight excluding hydrogens is 246 g/mol. The summed E-state index contributed by atoms with van der Waals surface area (Å²) >= 11 is 3.38. The number of halogens is 1. The van der Waals surface area contributed by atoms with Crippen molar-refractivity contribution in [2.75, 3.05) is 5.73 Å². The van der Waals surface area contributed by atoms with Gasteiger partial charge in [-0.1, -0.05) is 0 Å². The number of aromatic nitrogens is 2. The molecule has 2 aromatic rings. The zero-order valence-corrected chi connectivity index (χ0v) is 9.50. The molecule has 0 atom stereocenters. The molecule has 2 heterocycles. The summed E-state index contributed by atoms with van der Waals surface area (Å²) in [5.41, 5.74) is 6.49. The fourth-order valence-electron chi connectivity index (χ4n) is 1.23. The van der Waals surface area contributed by atoms with Gasteiger partial charge in [-0.2, -0.15) is 5.10 Å². The molecule has 2 N–H and O–H groups in total. The van der Waals surface area contributed by atoms with Crippen molar-refractivity contribution in [2.45, 2.75) is 6.92 Å². The molecule has 5 heteroatoms. The predicted octanol–water partition coefficient (Wildman–Crippen LogP) is 2.33. The van der Waals surface area contributed by atoms with Crippen molar-refractivity contribution in [3.63, 3.8) is 0 Å². The van der Waals surface area contributed by atoms with E-state index in [1.54, 1.807) is 11.7 Å². The molecule has 0 amide bonds. The van der Waals surface area contributed by atoms with Crippen molar-refractivity contribution in [2.24, 2.45) is 7.05 Å². The Morgan fingerprint density at radius 2 is 2.21 bits per heavy atom. The van der Waals surface area contributed by atoms with E-state index >= 15 is 0 Å². The molecule has 0 fully saturated rings. The average Bonchev–Trinajstić information content (AvgIpc) is 2.66. The van der Waals surface area contributed by atoms with Crippen LogP contribution in [0.3, 0.4) is 0 Å². The standard InChI is InChI=1S/C9H10BrN3O/c1-5-3-4-6(14-5)8-7(10)9(11)13(2)12-8/h3-4H,11H2,1-2H3. The monoisotopic (exact) mass is 255 g/mol. The van der Waals surface area contributed by atoms with Gasteiger partial charge in [-0.25, -0.2) is 0 Å². The topological polar surface area (TPSA) is 57.0 Å². The molecule has 14 heavy (non-hydrogen) atoms. The van der Waals surface area contributed by atoms with Crippen molar-refractivity contribution in [3.8, 4) is 11.5 Å². The molecule has 2 rings (SSSR count). The van der Waals surface area contributed by atoms with E-state index < -0.39 is 0 Å². The van der Waals surface area contributed by atoms with Crippen LogP contribution in [-0.2, 0) is 7.05 Å². The van der Waals surface area contributed by atoms with Crippen LogP contribution < -0.4 is 5.73 Å². The van der Waals surface area contributed by atoms with E-state index in [1.165, 1.54) is 0 Å². The lowest BCUT2D eigenvalue weighted by atomic mass is 10.3. The van der Waals surface area contributed by atoms with E-state index in [0.29, 0.717) is 5.82 Å². The first-order valence-electron chi connectivity index (χ1n) is 4.14. The molecule has 0 aliphatic carbocycles. The molecule has 0 aromatic carbocycles. The van der Waals surface area contributed by atoms with Crippen LogP contribution >= 0.6 is 15.9 Å². The number of rotatable bonds is 1. The normalized spacial score (nSPS) is 10.8. The van der Waals surface area contributed by atoms with Crippen LogP contribution in [0.1, 0.15) is 5.76 Å². The Balaban J connectivity index is 2.57. The van der Waals surface area contributed by atoms with Gasteiger partial charge in [0.25, 0.3) is 0 Å². The molecule has 2 aromatic heterocycles. The third-order valence-corrected chi connectivity index (χ3v) is 2.79. The number of nitrogens with two attached hydrogens (primary N) is 1. The summed E-state index contributed by atoms with van der Waals surface area (Å²) in [6, 6.07) is 3.77. The molecule has 0 bridgehead atoms.